The van der Waals surface area contributed by atoms with Gasteiger partial charge in [-0.05, 0) is 39.8 Å². The van der Waals surface area contributed by atoms with Gasteiger partial charge in [0.2, 0.25) is 5.91 Å². The number of amides is 2. The minimum absolute atomic E-state index is 0.00681. The van der Waals surface area contributed by atoms with Gasteiger partial charge in [-0.15, -0.1) is 0 Å². The van der Waals surface area contributed by atoms with Crippen LogP contribution in [0.1, 0.15) is 43.2 Å². The minimum atomic E-state index is -0.773. The van der Waals surface area contributed by atoms with Crippen molar-refractivity contribution >= 4 is 34.8 Å². The zero-order chi connectivity index (χ0) is 26.6. The molecule has 2 N–H and O–H groups in total. The molecule has 10 heteroatoms. The highest BCUT2D eigenvalue weighted by Crippen LogP contribution is 2.31. The molecule has 2 aromatic carbocycles. The van der Waals surface area contributed by atoms with Gasteiger partial charge in [0.25, 0.3) is 0 Å². The highest BCUT2D eigenvalue weighted by atomic mass is 19.1. The van der Waals surface area contributed by atoms with Crippen LogP contribution in [0.4, 0.5) is 26.2 Å². The van der Waals surface area contributed by atoms with Crippen LogP contribution in [0.2, 0.25) is 0 Å². The van der Waals surface area contributed by atoms with Crippen LogP contribution in [-0.2, 0) is 9.53 Å². The Morgan fingerprint density at radius 1 is 1.06 bits per heavy atom. The van der Waals surface area contributed by atoms with Crippen molar-refractivity contribution in [2.24, 2.45) is 0 Å². The first kappa shape index (κ1) is 26.4. The molecule has 36 heavy (non-hydrogen) atoms. The van der Waals surface area contributed by atoms with Gasteiger partial charge in [0.05, 0.1) is 29.2 Å². The number of anilines is 3. The number of nitrogens with zero attached hydrogens (tertiary/aromatic N) is 2. The summed E-state index contributed by atoms with van der Waals surface area (Å²) in [5.41, 5.74) is 1.19. The standard InChI is InChI=1S/C26H29FN4O5/c1-15-10-23(36-30-15)17-9-7-8-16(11-17)22(32)14-24(33)28-19-12-18(27)21(31(5)6)13-20(19)29-25(34)35-26(2,3)4/h7-13H,14H2,1-6H3,(H,28,33)(H,29,34). The fourth-order valence-electron chi connectivity index (χ4n) is 3.31. The van der Waals surface area contributed by atoms with Crippen LogP contribution in [0.3, 0.4) is 0 Å². The van der Waals surface area contributed by atoms with Gasteiger partial charge in [0.15, 0.2) is 11.5 Å². The third kappa shape index (κ3) is 6.91. The van der Waals surface area contributed by atoms with E-state index in [0.29, 0.717) is 22.6 Å². The van der Waals surface area contributed by atoms with Crippen molar-refractivity contribution < 1.29 is 28.0 Å². The molecule has 3 rings (SSSR count). The summed E-state index contributed by atoms with van der Waals surface area (Å²) in [5, 5.41) is 8.89. The van der Waals surface area contributed by atoms with Crippen LogP contribution >= 0.6 is 0 Å². The maximum Gasteiger partial charge on any atom is 0.412 e. The molecule has 0 aliphatic carbocycles. The van der Waals surface area contributed by atoms with E-state index >= 15 is 0 Å². The fraction of sp³-hybridized carbons (Fsp3) is 0.308. The monoisotopic (exact) mass is 496 g/mol. The summed E-state index contributed by atoms with van der Waals surface area (Å²) in [4.78, 5) is 39.3. The van der Waals surface area contributed by atoms with Gasteiger partial charge in [-0.25, -0.2) is 9.18 Å². The Morgan fingerprint density at radius 3 is 2.36 bits per heavy atom. The first-order chi connectivity index (χ1) is 16.8. The first-order valence-corrected chi connectivity index (χ1v) is 11.2. The van der Waals surface area contributed by atoms with Gasteiger partial charge < -0.3 is 19.5 Å². The molecule has 0 atom stereocenters. The number of carbonyl (C=O) groups excluding carboxylic acids is 3. The van der Waals surface area contributed by atoms with E-state index in [-0.39, 0.29) is 17.1 Å². The number of ketones is 1. The van der Waals surface area contributed by atoms with Crippen LogP contribution in [0.5, 0.6) is 0 Å². The quantitative estimate of drug-likeness (QED) is 0.332. The maximum absolute atomic E-state index is 14.7. The molecule has 0 unspecified atom stereocenters. The van der Waals surface area contributed by atoms with E-state index in [4.69, 9.17) is 9.26 Å². The second-order valence-corrected chi connectivity index (χ2v) is 9.43. The lowest BCUT2D eigenvalue weighted by Crippen LogP contribution is -2.28. The van der Waals surface area contributed by atoms with Crippen molar-refractivity contribution in [2.45, 2.75) is 39.7 Å². The third-order valence-electron chi connectivity index (χ3n) is 4.90. The number of aryl methyl sites for hydroxylation is 1. The van der Waals surface area contributed by atoms with Crippen molar-refractivity contribution in [2.75, 3.05) is 29.6 Å². The summed E-state index contributed by atoms with van der Waals surface area (Å²) in [5.74, 6) is -1.24. The smallest absolute Gasteiger partial charge is 0.412 e. The van der Waals surface area contributed by atoms with Crippen molar-refractivity contribution in [1.29, 1.82) is 0 Å². The van der Waals surface area contributed by atoms with Crippen LogP contribution in [-0.4, -0.2) is 42.6 Å². The normalized spacial score (nSPS) is 11.1. The Hall–Kier alpha value is -4.21. The van der Waals surface area contributed by atoms with Gasteiger partial charge in [-0.3, -0.25) is 14.9 Å². The van der Waals surface area contributed by atoms with Gasteiger partial charge in [0.1, 0.15) is 11.4 Å². The largest absolute Gasteiger partial charge is 0.444 e. The fourth-order valence-corrected chi connectivity index (χ4v) is 3.31. The molecular weight excluding hydrogens is 467 g/mol. The second kappa shape index (κ2) is 10.6. The number of Topliss-reactive ketones (excluding diaryl/α,β-unsaturated/α-hetero) is 1. The van der Waals surface area contributed by atoms with E-state index in [2.05, 4.69) is 15.8 Å². The number of benzene rings is 2. The highest BCUT2D eigenvalue weighted by molar-refractivity contribution is 6.12. The molecule has 0 fully saturated rings. The Balaban J connectivity index is 1.79. The topological polar surface area (TPSA) is 114 Å². The predicted octanol–water partition coefficient (Wildman–Crippen LogP) is 5.41. The van der Waals surface area contributed by atoms with Crippen LogP contribution in [0.15, 0.2) is 47.0 Å². The molecule has 0 saturated carbocycles. The number of aromatic nitrogens is 1. The SMILES string of the molecule is Cc1cc(-c2cccc(C(=O)CC(=O)Nc3cc(F)c(N(C)C)cc3NC(=O)OC(C)(C)C)c2)on1. The predicted molar refractivity (Wildman–Crippen MR) is 135 cm³/mol. The lowest BCUT2D eigenvalue weighted by molar-refractivity contribution is -0.115. The Morgan fingerprint density at radius 2 is 1.75 bits per heavy atom. The van der Waals surface area contributed by atoms with Crippen LogP contribution in [0, 0.1) is 12.7 Å². The third-order valence-corrected chi connectivity index (χ3v) is 4.90. The van der Waals surface area contributed by atoms with Crippen molar-refractivity contribution in [1.82, 2.24) is 5.16 Å². The Kier molecular flexibility index (Phi) is 7.77. The molecule has 3 aromatic rings. The summed E-state index contributed by atoms with van der Waals surface area (Å²) in [7, 11) is 3.28. The molecule has 0 spiro atoms. The van der Waals surface area contributed by atoms with E-state index in [1.165, 1.54) is 11.0 Å². The Bertz CT molecular complexity index is 1290. The molecule has 0 bridgehead atoms. The molecule has 0 saturated heterocycles. The van der Waals surface area contributed by atoms with Gasteiger partial charge in [0, 0.05) is 37.4 Å². The summed E-state index contributed by atoms with van der Waals surface area (Å²) < 4.78 is 25.2. The van der Waals surface area contributed by atoms with Crippen LogP contribution < -0.4 is 15.5 Å². The van der Waals surface area contributed by atoms with E-state index in [9.17, 15) is 18.8 Å². The maximum atomic E-state index is 14.7. The molecule has 2 amide bonds. The summed E-state index contributed by atoms with van der Waals surface area (Å²) in [6, 6.07) is 10.8. The molecule has 1 aromatic heterocycles. The van der Waals surface area contributed by atoms with Gasteiger partial charge in [-0.2, -0.15) is 0 Å². The molecular formula is C26H29FN4O5. The van der Waals surface area contributed by atoms with Crippen molar-refractivity contribution in [3.63, 3.8) is 0 Å². The summed E-state index contributed by atoms with van der Waals surface area (Å²) >= 11 is 0. The highest BCUT2D eigenvalue weighted by Gasteiger charge is 2.21. The molecule has 0 radical (unpaired) electrons. The molecule has 190 valence electrons. The minimum Gasteiger partial charge on any atom is -0.444 e. The van der Waals surface area contributed by atoms with Crippen molar-refractivity contribution in [3.8, 4) is 11.3 Å². The number of rotatable bonds is 7. The molecule has 0 aliphatic rings. The lowest BCUT2D eigenvalue weighted by Gasteiger charge is -2.22. The molecule has 1 heterocycles. The van der Waals surface area contributed by atoms with E-state index in [1.54, 1.807) is 72.1 Å². The first-order valence-electron chi connectivity index (χ1n) is 11.2. The van der Waals surface area contributed by atoms with E-state index in [1.807, 2.05) is 0 Å². The molecule has 9 nitrogen and oxygen atoms in total. The zero-order valence-electron chi connectivity index (χ0n) is 21.1. The van der Waals surface area contributed by atoms with E-state index < -0.39 is 35.6 Å². The van der Waals surface area contributed by atoms with E-state index in [0.717, 1.165) is 6.07 Å². The number of ether oxygens (including phenoxy) is 1. The molecule has 0 aliphatic heterocycles. The summed E-state index contributed by atoms with van der Waals surface area (Å²) in [6.45, 7) is 6.90. The number of carbonyl (C=O) groups is 3. The van der Waals surface area contributed by atoms with Gasteiger partial charge >= 0.3 is 6.09 Å². The second-order valence-electron chi connectivity index (χ2n) is 9.43. The number of hydrogen-bond donors (Lipinski definition) is 2. The lowest BCUT2D eigenvalue weighted by atomic mass is 10.0. The van der Waals surface area contributed by atoms with Crippen LogP contribution in [0.25, 0.3) is 11.3 Å². The Labute approximate surface area is 208 Å². The number of halogens is 1. The number of nitrogens with one attached hydrogen (secondary N) is 2. The average molecular weight is 497 g/mol. The average Bonchev–Trinajstić information content (AvgIpc) is 3.20. The summed E-state index contributed by atoms with van der Waals surface area (Å²) in [6.07, 6.45) is -1.27. The zero-order valence-corrected chi connectivity index (χ0v) is 21.1. The van der Waals surface area contributed by atoms with Crippen molar-refractivity contribution in [3.05, 3.63) is 59.5 Å². The van der Waals surface area contributed by atoms with Gasteiger partial charge in [-0.1, -0.05) is 23.4 Å². The number of hydrogen-bond acceptors (Lipinski definition) is 7.